The van der Waals surface area contributed by atoms with E-state index >= 15 is 0 Å². The van der Waals surface area contributed by atoms with Crippen LogP contribution in [0.5, 0.6) is 5.75 Å². The fraction of sp³-hybridized carbons (Fsp3) is 0.586. The lowest BCUT2D eigenvalue weighted by atomic mass is 9.88. The summed E-state index contributed by atoms with van der Waals surface area (Å²) in [5, 5.41) is 13.8. The zero-order valence-electron chi connectivity index (χ0n) is 25.0. The quantitative estimate of drug-likeness (QED) is 0.263. The van der Waals surface area contributed by atoms with Crippen molar-refractivity contribution in [3.8, 4) is 5.75 Å². The van der Waals surface area contributed by atoms with Gasteiger partial charge in [-0.2, -0.15) is 4.31 Å². The molecule has 2 aromatic carbocycles. The van der Waals surface area contributed by atoms with Gasteiger partial charge in [-0.25, -0.2) is 25.9 Å². The molecular weight excluding hydrogens is 599 g/mol. The summed E-state index contributed by atoms with van der Waals surface area (Å²) in [5.41, 5.74) is 0.206. The molecule has 2 saturated heterocycles. The maximum absolute atomic E-state index is 14.3. The molecule has 2 fully saturated rings. The molecule has 0 aliphatic carbocycles. The molecule has 14 heteroatoms. The van der Waals surface area contributed by atoms with Crippen LogP contribution in [0.2, 0.25) is 0 Å². The largest absolute Gasteiger partial charge is 0.491 e. The average molecular weight is 643 g/mol. The highest BCUT2D eigenvalue weighted by atomic mass is 32.2. The third kappa shape index (κ3) is 8.94. The highest BCUT2D eigenvalue weighted by Gasteiger charge is 2.45. The summed E-state index contributed by atoms with van der Waals surface area (Å²) in [5.74, 6) is -0.415. The van der Waals surface area contributed by atoms with Gasteiger partial charge in [0.2, 0.25) is 20.0 Å². The van der Waals surface area contributed by atoms with Crippen LogP contribution in [0.1, 0.15) is 31.2 Å². The maximum Gasteiger partial charge on any atom is 0.245 e. The summed E-state index contributed by atoms with van der Waals surface area (Å²) in [6, 6.07) is 10.2. The average Bonchev–Trinajstić information content (AvgIpc) is 3.36. The summed E-state index contributed by atoms with van der Waals surface area (Å²) in [6.07, 6.45) is 1.48. The fourth-order valence-electron chi connectivity index (χ4n) is 5.38. The first kappa shape index (κ1) is 33.7. The number of nitrogens with one attached hydrogen (secondary N) is 2. The normalized spacial score (nSPS) is 20.1. The van der Waals surface area contributed by atoms with E-state index in [1.807, 2.05) is 19.0 Å². The number of halogens is 1. The Morgan fingerprint density at radius 2 is 1.91 bits per heavy atom. The Bertz CT molecular complexity index is 1450. The van der Waals surface area contributed by atoms with Gasteiger partial charge in [0, 0.05) is 38.3 Å². The minimum atomic E-state index is -3.94. The lowest BCUT2D eigenvalue weighted by molar-refractivity contribution is -0.0312. The van der Waals surface area contributed by atoms with Crippen molar-refractivity contribution in [2.45, 2.75) is 60.1 Å². The van der Waals surface area contributed by atoms with E-state index < -0.39 is 37.6 Å². The predicted octanol–water partition coefficient (Wildman–Crippen LogP) is 1.71. The molecule has 3 N–H and O–H groups in total. The molecule has 2 aliphatic heterocycles. The topological polar surface area (TPSA) is 138 Å². The number of aliphatic hydroxyl groups excluding tert-OH is 1. The second-order valence-electron chi connectivity index (χ2n) is 11.6. The number of hydrogen-bond acceptors (Lipinski definition) is 9. The van der Waals surface area contributed by atoms with Crippen molar-refractivity contribution in [1.29, 1.82) is 0 Å². The van der Waals surface area contributed by atoms with Crippen molar-refractivity contribution >= 4 is 20.0 Å². The van der Waals surface area contributed by atoms with Gasteiger partial charge >= 0.3 is 0 Å². The molecule has 4 rings (SSSR count). The van der Waals surface area contributed by atoms with Crippen LogP contribution in [0, 0.1) is 12.7 Å². The van der Waals surface area contributed by atoms with Gasteiger partial charge in [-0.15, -0.1) is 0 Å². The molecule has 2 aliphatic rings. The van der Waals surface area contributed by atoms with Gasteiger partial charge in [0.15, 0.2) is 0 Å². The van der Waals surface area contributed by atoms with Crippen LogP contribution >= 0.6 is 0 Å². The van der Waals surface area contributed by atoms with E-state index in [0.717, 1.165) is 6.54 Å². The number of benzene rings is 2. The number of rotatable bonds is 14. The Morgan fingerprint density at radius 3 is 2.63 bits per heavy atom. The predicted molar refractivity (Wildman–Crippen MR) is 161 cm³/mol. The van der Waals surface area contributed by atoms with Crippen LogP contribution in [0.25, 0.3) is 0 Å². The first-order valence-corrected chi connectivity index (χ1v) is 17.4. The van der Waals surface area contributed by atoms with Gasteiger partial charge in [-0.1, -0.05) is 12.1 Å². The summed E-state index contributed by atoms with van der Waals surface area (Å²) in [7, 11) is -3.76. The molecule has 2 atom stereocenters. The van der Waals surface area contributed by atoms with Crippen LogP contribution in [-0.4, -0.2) is 109 Å². The number of aliphatic hydroxyl groups is 1. The third-order valence-electron chi connectivity index (χ3n) is 7.82. The number of ether oxygens (including phenoxy) is 2. The summed E-state index contributed by atoms with van der Waals surface area (Å²) >= 11 is 0. The van der Waals surface area contributed by atoms with Crippen molar-refractivity contribution in [1.82, 2.24) is 19.2 Å². The Kier molecular flexibility index (Phi) is 11.2. The Labute approximate surface area is 254 Å². The molecular formula is C29H43FN4O7S2. The van der Waals surface area contributed by atoms with E-state index in [-0.39, 0.29) is 42.1 Å². The van der Waals surface area contributed by atoms with E-state index in [2.05, 4.69) is 10.0 Å². The van der Waals surface area contributed by atoms with Gasteiger partial charge < -0.3 is 24.8 Å². The van der Waals surface area contributed by atoms with Crippen LogP contribution < -0.4 is 14.8 Å². The molecule has 240 valence electrons. The molecule has 0 saturated carbocycles. The zero-order valence-corrected chi connectivity index (χ0v) is 26.6. The molecule has 0 radical (unpaired) electrons. The second-order valence-corrected chi connectivity index (χ2v) is 15.3. The van der Waals surface area contributed by atoms with Crippen LogP contribution in [-0.2, 0) is 24.8 Å². The lowest BCUT2D eigenvalue weighted by Gasteiger charge is -2.38. The van der Waals surface area contributed by atoms with Gasteiger partial charge in [0.25, 0.3) is 0 Å². The maximum atomic E-state index is 14.3. The number of piperidine rings is 1. The molecule has 43 heavy (non-hydrogen) atoms. The standard InChI is InChI=1S/C29H43FN4O7S2/c1-22-8-9-27(30)28(16-22)43(38,39)34-14-10-29(11-15-34)18-23(20-41-29)31-19-24(35)21-40-25-6-4-7-26(17-25)42(36,37)32-12-5-13-33(2)3/h4,6-9,16-17,23-24,31-32,35H,5,10-15,18-21H2,1-3H3/t23?,24-/m0/s1. The number of sulfonamides is 2. The highest BCUT2D eigenvalue weighted by Crippen LogP contribution is 2.37. The van der Waals surface area contributed by atoms with Gasteiger partial charge in [-0.05, 0) is 83.1 Å². The van der Waals surface area contributed by atoms with Gasteiger partial charge in [-0.3, -0.25) is 0 Å². The monoisotopic (exact) mass is 642 g/mol. The number of nitrogens with zero attached hydrogens (tertiary/aromatic N) is 2. The molecule has 2 aromatic rings. The second kappa shape index (κ2) is 14.3. The molecule has 0 bridgehead atoms. The summed E-state index contributed by atoms with van der Waals surface area (Å²) < 4.78 is 81.4. The van der Waals surface area contributed by atoms with E-state index in [4.69, 9.17) is 9.47 Å². The van der Waals surface area contributed by atoms with Crippen molar-refractivity contribution in [2.75, 3.05) is 60.0 Å². The van der Waals surface area contributed by atoms with Crippen molar-refractivity contribution in [2.24, 2.45) is 0 Å². The van der Waals surface area contributed by atoms with E-state index in [9.17, 15) is 26.3 Å². The Hall–Kier alpha value is -2.17. The Balaban J connectivity index is 1.21. The summed E-state index contributed by atoms with van der Waals surface area (Å²) in [6.45, 7) is 3.92. The molecule has 1 spiro atoms. The van der Waals surface area contributed by atoms with Gasteiger partial charge in [0.05, 0.1) is 17.1 Å². The minimum absolute atomic E-state index is 0.0286. The molecule has 1 unspecified atom stereocenters. The fourth-order valence-corrected chi connectivity index (χ4v) is 8.08. The molecule has 0 aromatic heterocycles. The number of aryl methyl sites for hydroxylation is 1. The van der Waals surface area contributed by atoms with Crippen molar-refractivity contribution in [3.05, 3.63) is 53.8 Å². The highest BCUT2D eigenvalue weighted by molar-refractivity contribution is 7.89. The van der Waals surface area contributed by atoms with Gasteiger partial charge in [0.1, 0.15) is 29.2 Å². The van der Waals surface area contributed by atoms with Crippen LogP contribution in [0.15, 0.2) is 52.3 Å². The Morgan fingerprint density at radius 1 is 1.16 bits per heavy atom. The van der Waals surface area contributed by atoms with Crippen LogP contribution in [0.4, 0.5) is 4.39 Å². The van der Waals surface area contributed by atoms with E-state index in [0.29, 0.717) is 50.1 Å². The van der Waals surface area contributed by atoms with Crippen molar-refractivity contribution in [3.63, 3.8) is 0 Å². The van der Waals surface area contributed by atoms with E-state index in [1.165, 1.54) is 28.6 Å². The number of hydrogen-bond donors (Lipinski definition) is 3. The lowest BCUT2D eigenvalue weighted by Crippen LogP contribution is -2.47. The minimum Gasteiger partial charge on any atom is -0.491 e. The zero-order chi connectivity index (χ0) is 31.3. The smallest absolute Gasteiger partial charge is 0.245 e. The van der Waals surface area contributed by atoms with Crippen molar-refractivity contribution < 1.29 is 35.8 Å². The molecule has 0 amide bonds. The molecule has 2 heterocycles. The first-order valence-electron chi connectivity index (χ1n) is 14.5. The summed E-state index contributed by atoms with van der Waals surface area (Å²) in [4.78, 5) is 1.78. The van der Waals surface area contributed by atoms with Crippen LogP contribution in [0.3, 0.4) is 0 Å². The molecule has 11 nitrogen and oxygen atoms in total. The SMILES string of the molecule is Cc1ccc(F)c(S(=O)(=O)N2CCC3(CC2)CC(NC[C@H](O)COc2cccc(S(=O)(=O)NCCCN(C)C)c2)CO3)c1. The third-order valence-corrected chi connectivity index (χ3v) is 11.2. The van der Waals surface area contributed by atoms with E-state index in [1.54, 1.807) is 25.1 Å². The first-order chi connectivity index (χ1) is 20.3.